The molecule has 0 aromatic carbocycles. The molecule has 1 aliphatic heterocycles. The van der Waals surface area contributed by atoms with Gasteiger partial charge in [0.05, 0.1) is 12.7 Å². The molecule has 4 aliphatic carbocycles. The van der Waals surface area contributed by atoms with Crippen molar-refractivity contribution in [2.45, 2.75) is 95.9 Å². The van der Waals surface area contributed by atoms with Crippen molar-refractivity contribution in [3.05, 3.63) is 24.3 Å². The van der Waals surface area contributed by atoms with Crippen LogP contribution in [0.4, 0.5) is 0 Å². The van der Waals surface area contributed by atoms with E-state index in [4.69, 9.17) is 9.47 Å². The van der Waals surface area contributed by atoms with Gasteiger partial charge in [0.15, 0.2) is 6.29 Å². The summed E-state index contributed by atoms with van der Waals surface area (Å²) in [6.45, 7) is 9.16. The second-order valence-electron chi connectivity index (χ2n) is 11.5. The SMILES string of the molecule is C=C[C@H]1CC[C@H]2[C@@H]3CC=C4C[C@@H](O[C@@H]5OC[C@@H](O)[C@H](O)[C@H]5O)CC[C@]4(C)[C@H]3CC[C@]12C. The number of aliphatic hydroxyl groups excluding tert-OH is 3. The van der Waals surface area contributed by atoms with E-state index in [-0.39, 0.29) is 18.1 Å². The van der Waals surface area contributed by atoms with E-state index in [1.165, 1.54) is 37.7 Å². The first kappa shape index (κ1) is 22.1. The quantitative estimate of drug-likeness (QED) is 0.594. The van der Waals surface area contributed by atoms with Crippen molar-refractivity contribution in [1.29, 1.82) is 0 Å². The molecule has 1 saturated heterocycles. The predicted octanol–water partition coefficient (Wildman–Crippen LogP) is 3.58. The molecule has 5 nitrogen and oxygen atoms in total. The van der Waals surface area contributed by atoms with Gasteiger partial charge in [0, 0.05) is 0 Å². The third-order valence-corrected chi connectivity index (χ3v) is 10.2. The summed E-state index contributed by atoms with van der Waals surface area (Å²) in [4.78, 5) is 0. The molecule has 3 N–H and O–H groups in total. The van der Waals surface area contributed by atoms with Crippen molar-refractivity contribution in [3.8, 4) is 0 Å². The van der Waals surface area contributed by atoms with Crippen LogP contribution in [0.3, 0.4) is 0 Å². The standard InChI is InChI=1S/C26H40O5/c1-4-15-6-8-19-18-7-5-16-13-17(31-24-23(29)22(28)21(27)14-30-24)9-11-26(16,3)20(18)10-12-25(15,19)2/h4-5,15,17-24,27-29H,1,6-14H2,2-3H3/t15-,17-,18-,19-,20-,21+,22-,23+,24-,25+,26-/m0/s1. The van der Waals surface area contributed by atoms with Gasteiger partial charge in [-0.1, -0.05) is 31.6 Å². The average molecular weight is 433 g/mol. The largest absolute Gasteiger partial charge is 0.388 e. The molecule has 5 heteroatoms. The molecular weight excluding hydrogens is 392 g/mol. The minimum absolute atomic E-state index is 0.00830. The number of aliphatic hydroxyl groups is 3. The maximum Gasteiger partial charge on any atom is 0.186 e. The van der Waals surface area contributed by atoms with E-state index < -0.39 is 24.6 Å². The summed E-state index contributed by atoms with van der Waals surface area (Å²) in [5.41, 5.74) is 2.21. The molecule has 11 atom stereocenters. The summed E-state index contributed by atoms with van der Waals surface area (Å²) >= 11 is 0. The van der Waals surface area contributed by atoms with Gasteiger partial charge in [-0.2, -0.15) is 0 Å². The van der Waals surface area contributed by atoms with Crippen molar-refractivity contribution < 1.29 is 24.8 Å². The van der Waals surface area contributed by atoms with Gasteiger partial charge in [-0.15, -0.1) is 6.58 Å². The molecule has 0 bridgehead atoms. The lowest BCUT2D eigenvalue weighted by Gasteiger charge is -2.58. The van der Waals surface area contributed by atoms with E-state index in [2.05, 4.69) is 32.6 Å². The highest BCUT2D eigenvalue weighted by Crippen LogP contribution is 2.66. The molecule has 5 aliphatic rings. The first-order chi connectivity index (χ1) is 14.8. The highest BCUT2D eigenvalue weighted by molar-refractivity contribution is 5.25. The zero-order valence-electron chi connectivity index (χ0n) is 19.1. The maximum atomic E-state index is 10.2. The molecule has 0 unspecified atom stereocenters. The number of fused-ring (bicyclic) bond motifs is 5. The van der Waals surface area contributed by atoms with Crippen LogP contribution in [0, 0.1) is 34.5 Å². The molecule has 1 heterocycles. The number of hydrogen-bond acceptors (Lipinski definition) is 5. The number of ether oxygens (including phenoxy) is 2. The average Bonchev–Trinajstić information content (AvgIpc) is 3.10. The normalized spacial score (nSPS) is 54.4. The number of hydrogen-bond donors (Lipinski definition) is 3. The van der Waals surface area contributed by atoms with Crippen LogP contribution in [0.15, 0.2) is 24.3 Å². The van der Waals surface area contributed by atoms with Gasteiger partial charge in [-0.05, 0) is 85.9 Å². The Morgan fingerprint density at radius 3 is 2.65 bits per heavy atom. The lowest BCUT2D eigenvalue weighted by molar-refractivity contribution is -0.284. The highest BCUT2D eigenvalue weighted by Gasteiger charge is 2.58. The molecule has 31 heavy (non-hydrogen) atoms. The van der Waals surface area contributed by atoms with Crippen LogP contribution in [0.5, 0.6) is 0 Å². The van der Waals surface area contributed by atoms with Crippen LogP contribution in [-0.2, 0) is 9.47 Å². The smallest absolute Gasteiger partial charge is 0.186 e. The summed E-state index contributed by atoms with van der Waals surface area (Å²) < 4.78 is 11.6. The van der Waals surface area contributed by atoms with Crippen LogP contribution in [0.2, 0.25) is 0 Å². The molecular formula is C26H40O5. The zero-order chi connectivity index (χ0) is 22.0. The van der Waals surface area contributed by atoms with Gasteiger partial charge in [0.1, 0.15) is 18.3 Å². The van der Waals surface area contributed by atoms with Gasteiger partial charge in [-0.3, -0.25) is 0 Å². The van der Waals surface area contributed by atoms with Gasteiger partial charge < -0.3 is 24.8 Å². The second kappa shape index (κ2) is 7.95. The lowest BCUT2D eigenvalue weighted by atomic mass is 9.47. The van der Waals surface area contributed by atoms with Crippen molar-refractivity contribution in [3.63, 3.8) is 0 Å². The Labute approximate surface area is 186 Å². The Bertz CT molecular complexity index is 735. The first-order valence-corrected chi connectivity index (χ1v) is 12.4. The molecule has 0 spiro atoms. The van der Waals surface area contributed by atoms with Crippen molar-refractivity contribution >= 4 is 0 Å². The lowest BCUT2D eigenvalue weighted by Crippen LogP contribution is -2.55. The Hall–Kier alpha value is -0.720. The maximum absolute atomic E-state index is 10.2. The van der Waals surface area contributed by atoms with Crippen molar-refractivity contribution in [2.75, 3.05) is 6.61 Å². The topological polar surface area (TPSA) is 79.2 Å². The van der Waals surface area contributed by atoms with Gasteiger partial charge in [0.25, 0.3) is 0 Å². The van der Waals surface area contributed by atoms with E-state index in [1.54, 1.807) is 0 Å². The minimum Gasteiger partial charge on any atom is -0.388 e. The van der Waals surface area contributed by atoms with Crippen LogP contribution < -0.4 is 0 Å². The van der Waals surface area contributed by atoms with Crippen LogP contribution in [0.1, 0.15) is 65.2 Å². The van der Waals surface area contributed by atoms with E-state index >= 15 is 0 Å². The minimum atomic E-state index is -1.22. The Kier molecular flexibility index (Phi) is 5.66. The monoisotopic (exact) mass is 432 g/mol. The van der Waals surface area contributed by atoms with Crippen molar-refractivity contribution in [2.24, 2.45) is 34.5 Å². The molecule has 0 aromatic rings. The van der Waals surface area contributed by atoms with Crippen molar-refractivity contribution in [1.82, 2.24) is 0 Å². The third-order valence-electron chi connectivity index (χ3n) is 10.2. The van der Waals surface area contributed by atoms with Crippen LogP contribution in [0.25, 0.3) is 0 Å². The Morgan fingerprint density at radius 2 is 1.87 bits per heavy atom. The molecule has 0 aromatic heterocycles. The molecule has 3 saturated carbocycles. The summed E-state index contributed by atoms with van der Waals surface area (Å²) in [6, 6.07) is 0. The van der Waals surface area contributed by atoms with Crippen LogP contribution in [-0.4, -0.2) is 52.6 Å². The number of allylic oxidation sites excluding steroid dienone is 2. The molecule has 0 radical (unpaired) electrons. The van der Waals surface area contributed by atoms with E-state index in [9.17, 15) is 15.3 Å². The second-order valence-corrected chi connectivity index (χ2v) is 11.5. The Morgan fingerprint density at radius 1 is 1.06 bits per heavy atom. The summed E-state index contributed by atoms with van der Waals surface area (Å²) in [5.74, 6) is 3.03. The van der Waals surface area contributed by atoms with E-state index in [1.807, 2.05) is 0 Å². The Balaban J connectivity index is 1.29. The summed E-state index contributed by atoms with van der Waals surface area (Å²) in [5, 5.41) is 29.9. The van der Waals surface area contributed by atoms with Gasteiger partial charge in [-0.25, -0.2) is 0 Å². The predicted molar refractivity (Wildman–Crippen MR) is 118 cm³/mol. The molecule has 174 valence electrons. The van der Waals surface area contributed by atoms with Gasteiger partial charge >= 0.3 is 0 Å². The van der Waals surface area contributed by atoms with Gasteiger partial charge in [0.2, 0.25) is 0 Å². The molecule has 0 amide bonds. The molecule has 4 fully saturated rings. The van der Waals surface area contributed by atoms with E-state index in [0.29, 0.717) is 11.3 Å². The fraction of sp³-hybridized carbons (Fsp3) is 0.846. The fourth-order valence-electron chi connectivity index (χ4n) is 8.26. The third kappa shape index (κ3) is 3.38. The van der Waals surface area contributed by atoms with E-state index in [0.717, 1.165) is 37.0 Å². The number of rotatable bonds is 3. The fourth-order valence-corrected chi connectivity index (χ4v) is 8.26. The molecule has 5 rings (SSSR count). The summed E-state index contributed by atoms with van der Waals surface area (Å²) in [6.07, 6.45) is 9.78. The first-order valence-electron chi connectivity index (χ1n) is 12.4. The van der Waals surface area contributed by atoms with Crippen LogP contribution >= 0.6 is 0 Å². The zero-order valence-corrected chi connectivity index (χ0v) is 19.1. The summed E-state index contributed by atoms with van der Waals surface area (Å²) in [7, 11) is 0. The highest BCUT2D eigenvalue weighted by atomic mass is 16.7.